The number of thiophene rings is 1. The third-order valence-electron chi connectivity index (χ3n) is 5.91. The summed E-state index contributed by atoms with van der Waals surface area (Å²) in [7, 11) is 0. The van der Waals surface area contributed by atoms with Crippen molar-refractivity contribution in [2.75, 3.05) is 6.54 Å². The molecule has 1 aliphatic heterocycles. The summed E-state index contributed by atoms with van der Waals surface area (Å²) in [6, 6.07) is 8.46. The van der Waals surface area contributed by atoms with E-state index in [1.54, 1.807) is 23.2 Å². The van der Waals surface area contributed by atoms with Crippen LogP contribution in [0.1, 0.15) is 47.3 Å². The SMILES string of the molecule is Cc1ccc(C(=O)NCc2c(C)ncc3c2CCN(C(=O)c2ccc4c(c2)no[n+]4[O-])C3)s1. The van der Waals surface area contributed by atoms with Crippen LogP contribution in [0.3, 0.4) is 0 Å². The molecule has 0 atom stereocenters. The molecule has 2 amide bonds. The highest BCUT2D eigenvalue weighted by Gasteiger charge is 2.26. The van der Waals surface area contributed by atoms with Crippen molar-refractivity contribution < 1.29 is 19.1 Å². The molecule has 1 N–H and O–H groups in total. The monoisotopic (exact) mass is 463 g/mol. The van der Waals surface area contributed by atoms with Gasteiger partial charge in [0.05, 0.1) is 4.88 Å². The van der Waals surface area contributed by atoms with Crippen molar-refractivity contribution in [1.82, 2.24) is 20.4 Å². The Kier molecular flexibility index (Phi) is 5.29. The zero-order chi connectivity index (χ0) is 23.1. The van der Waals surface area contributed by atoms with E-state index in [4.69, 9.17) is 0 Å². The summed E-state index contributed by atoms with van der Waals surface area (Å²) >= 11 is 1.47. The van der Waals surface area contributed by atoms with E-state index in [1.165, 1.54) is 17.4 Å². The zero-order valence-electron chi connectivity index (χ0n) is 18.1. The number of carbonyl (C=O) groups excluding carboxylic acids is 2. The highest BCUT2D eigenvalue weighted by Crippen LogP contribution is 2.26. The first kappa shape index (κ1) is 21.1. The molecule has 0 fully saturated rings. The van der Waals surface area contributed by atoms with Gasteiger partial charge >= 0.3 is 0 Å². The number of fused-ring (bicyclic) bond motifs is 2. The quantitative estimate of drug-likeness (QED) is 0.465. The lowest BCUT2D eigenvalue weighted by molar-refractivity contribution is -0.782. The predicted octanol–water partition coefficient (Wildman–Crippen LogP) is 2.66. The van der Waals surface area contributed by atoms with E-state index in [0.717, 1.165) is 27.3 Å². The smallest absolute Gasteiger partial charge is 0.261 e. The van der Waals surface area contributed by atoms with Gasteiger partial charge in [-0.2, -0.15) is 0 Å². The lowest BCUT2D eigenvalue weighted by Crippen LogP contribution is -2.37. The van der Waals surface area contributed by atoms with Gasteiger partial charge in [0.2, 0.25) is 11.0 Å². The number of rotatable bonds is 4. The first-order valence-corrected chi connectivity index (χ1v) is 11.3. The summed E-state index contributed by atoms with van der Waals surface area (Å²) in [5, 5.41) is 18.2. The average Bonchev–Trinajstić information content (AvgIpc) is 3.42. The fourth-order valence-electron chi connectivity index (χ4n) is 4.13. The Labute approximate surface area is 193 Å². The molecule has 5 rings (SSSR count). The topological polar surface area (TPSA) is 115 Å². The minimum Gasteiger partial charge on any atom is -0.359 e. The standard InChI is InChI=1S/C23H21N5O4S/c1-13-3-6-21(33-13)22(29)25-11-18-14(2)24-10-16-12-27(8-7-17(16)18)23(30)15-4-5-20-19(9-15)26-32-28(20)31/h3-6,9-10H,7-8,11-12H2,1-2H3,(H,25,29). The van der Waals surface area contributed by atoms with E-state index < -0.39 is 0 Å². The molecule has 0 aliphatic carbocycles. The maximum Gasteiger partial charge on any atom is 0.261 e. The van der Waals surface area contributed by atoms with Gasteiger partial charge in [-0.3, -0.25) is 19.2 Å². The fraction of sp³-hybridized carbons (Fsp3) is 0.261. The van der Waals surface area contributed by atoms with Gasteiger partial charge in [-0.25, -0.2) is 0 Å². The highest BCUT2D eigenvalue weighted by atomic mass is 32.1. The first-order chi connectivity index (χ1) is 15.9. The molecule has 0 bridgehead atoms. The number of pyridine rings is 1. The van der Waals surface area contributed by atoms with Crippen molar-refractivity contribution >= 4 is 34.2 Å². The highest BCUT2D eigenvalue weighted by molar-refractivity contribution is 7.13. The number of carbonyl (C=O) groups is 2. The van der Waals surface area contributed by atoms with E-state index >= 15 is 0 Å². The molecule has 0 spiro atoms. The summed E-state index contributed by atoms with van der Waals surface area (Å²) < 4.78 is 4.58. The predicted molar refractivity (Wildman–Crippen MR) is 121 cm³/mol. The molecule has 0 saturated carbocycles. The maximum absolute atomic E-state index is 13.1. The Morgan fingerprint density at radius 2 is 2.12 bits per heavy atom. The van der Waals surface area contributed by atoms with E-state index in [-0.39, 0.29) is 17.3 Å². The third kappa shape index (κ3) is 3.93. The molecule has 33 heavy (non-hydrogen) atoms. The number of aromatic nitrogens is 3. The van der Waals surface area contributed by atoms with Gasteiger partial charge in [-0.05, 0) is 66.1 Å². The Morgan fingerprint density at radius 3 is 2.91 bits per heavy atom. The van der Waals surface area contributed by atoms with Crippen LogP contribution in [0.25, 0.3) is 11.0 Å². The number of hydrogen-bond donors (Lipinski definition) is 1. The summed E-state index contributed by atoms with van der Waals surface area (Å²) in [5.74, 6) is -0.244. The van der Waals surface area contributed by atoms with Crippen molar-refractivity contribution in [1.29, 1.82) is 0 Å². The van der Waals surface area contributed by atoms with Crippen molar-refractivity contribution in [2.45, 2.75) is 33.4 Å². The fourth-order valence-corrected chi connectivity index (χ4v) is 4.92. The van der Waals surface area contributed by atoms with Crippen molar-refractivity contribution in [2.24, 2.45) is 0 Å². The minimum absolute atomic E-state index is 0.0969. The maximum atomic E-state index is 13.1. The van der Waals surface area contributed by atoms with Crippen molar-refractivity contribution in [3.63, 3.8) is 0 Å². The molecule has 9 nitrogen and oxygen atoms in total. The molecule has 1 aromatic carbocycles. The zero-order valence-corrected chi connectivity index (χ0v) is 18.9. The second-order valence-corrected chi connectivity index (χ2v) is 9.32. The van der Waals surface area contributed by atoms with Crippen LogP contribution in [0.4, 0.5) is 0 Å². The van der Waals surface area contributed by atoms with E-state index in [9.17, 15) is 14.8 Å². The Morgan fingerprint density at radius 1 is 1.27 bits per heavy atom. The van der Waals surface area contributed by atoms with Gasteiger partial charge in [-0.1, -0.05) is 0 Å². The molecular formula is C23H21N5O4S. The molecule has 10 heteroatoms. The lowest BCUT2D eigenvalue weighted by atomic mass is 9.94. The van der Waals surface area contributed by atoms with Crippen LogP contribution in [-0.2, 0) is 19.5 Å². The number of benzene rings is 1. The molecule has 1 aliphatic rings. The van der Waals surface area contributed by atoms with Gasteiger partial charge in [0.25, 0.3) is 11.8 Å². The number of amides is 2. The second-order valence-electron chi connectivity index (χ2n) is 8.03. The molecule has 168 valence electrons. The van der Waals surface area contributed by atoms with Gasteiger partial charge in [0.1, 0.15) is 0 Å². The number of nitrogens with zero attached hydrogens (tertiary/aromatic N) is 4. The Bertz CT molecular complexity index is 1390. The summed E-state index contributed by atoms with van der Waals surface area (Å²) in [6.45, 7) is 5.26. The van der Waals surface area contributed by atoms with E-state index in [2.05, 4.69) is 20.1 Å². The largest absolute Gasteiger partial charge is 0.359 e. The molecule has 4 aromatic rings. The minimum atomic E-state index is -0.147. The van der Waals surface area contributed by atoms with Gasteiger partial charge in [0, 0.05) is 53.2 Å². The molecule has 0 unspecified atom stereocenters. The van der Waals surface area contributed by atoms with Crippen LogP contribution in [0.5, 0.6) is 0 Å². The number of nitrogens with one attached hydrogen (secondary N) is 1. The van der Waals surface area contributed by atoms with Crippen LogP contribution in [0.2, 0.25) is 0 Å². The third-order valence-corrected chi connectivity index (χ3v) is 6.90. The lowest BCUT2D eigenvalue weighted by Gasteiger charge is -2.30. The summed E-state index contributed by atoms with van der Waals surface area (Å²) in [6.07, 6.45) is 2.47. The molecule has 3 aromatic heterocycles. The summed E-state index contributed by atoms with van der Waals surface area (Å²) in [4.78, 5) is 33.9. The van der Waals surface area contributed by atoms with Crippen LogP contribution in [0.15, 0.2) is 41.2 Å². The van der Waals surface area contributed by atoms with Gasteiger partial charge < -0.3 is 15.4 Å². The van der Waals surface area contributed by atoms with Crippen LogP contribution in [0, 0.1) is 19.1 Å². The van der Waals surface area contributed by atoms with Gasteiger partial charge in [-0.15, -0.1) is 11.3 Å². The second kappa shape index (κ2) is 8.28. The van der Waals surface area contributed by atoms with Crippen molar-refractivity contribution in [3.8, 4) is 0 Å². The Balaban J connectivity index is 1.33. The van der Waals surface area contributed by atoms with Gasteiger partial charge in [0.15, 0.2) is 0 Å². The molecule has 4 heterocycles. The molecule has 0 saturated heterocycles. The Hall–Kier alpha value is -3.79. The van der Waals surface area contributed by atoms with Crippen molar-refractivity contribution in [3.05, 3.63) is 79.4 Å². The first-order valence-electron chi connectivity index (χ1n) is 10.5. The van der Waals surface area contributed by atoms with E-state index in [1.807, 2.05) is 26.0 Å². The number of aryl methyl sites for hydroxylation is 2. The summed E-state index contributed by atoms with van der Waals surface area (Å²) in [5.41, 5.74) is 5.04. The average molecular weight is 464 g/mol. The normalized spacial score (nSPS) is 13.2. The van der Waals surface area contributed by atoms with Crippen LogP contribution < -0.4 is 10.2 Å². The van der Waals surface area contributed by atoms with Crippen LogP contribution >= 0.6 is 11.3 Å². The molecular weight excluding hydrogens is 442 g/mol. The van der Waals surface area contributed by atoms with E-state index in [0.29, 0.717) is 46.9 Å². The van der Waals surface area contributed by atoms with Crippen LogP contribution in [-0.4, -0.2) is 33.4 Å². The number of hydrogen-bond acceptors (Lipinski definition) is 7. The molecule has 0 radical (unpaired) electrons.